The van der Waals surface area contributed by atoms with Crippen LogP contribution in [-0.2, 0) is 4.79 Å². The van der Waals surface area contributed by atoms with Crippen molar-refractivity contribution in [2.75, 3.05) is 18.4 Å². The summed E-state index contributed by atoms with van der Waals surface area (Å²) in [6.45, 7) is 10.4. The van der Waals surface area contributed by atoms with E-state index in [1.807, 2.05) is 42.5 Å². The molecule has 0 bridgehead atoms. The highest BCUT2D eigenvalue weighted by atomic mass is 16.2. The minimum atomic E-state index is -0.189. The maximum absolute atomic E-state index is 13.0. The van der Waals surface area contributed by atoms with Crippen molar-refractivity contribution in [1.82, 2.24) is 0 Å². The molecule has 1 unspecified atom stereocenters. The predicted octanol–water partition coefficient (Wildman–Crippen LogP) is 3.41. The van der Waals surface area contributed by atoms with Crippen molar-refractivity contribution in [3.63, 3.8) is 0 Å². The Morgan fingerprint density at radius 2 is 1.50 bits per heavy atom. The number of carbonyl (C=O) groups is 1. The molecule has 0 aliphatic rings. The van der Waals surface area contributed by atoms with Crippen molar-refractivity contribution in [3.05, 3.63) is 65.7 Å². The number of hydrogen-bond donors (Lipinski definition) is 2. The van der Waals surface area contributed by atoms with Gasteiger partial charge in [-0.25, -0.2) is 0 Å². The van der Waals surface area contributed by atoms with Gasteiger partial charge in [0.15, 0.2) is 6.04 Å². The standard InChI is InChI=1S/C21H28N2O/c1-5-23(6-2)20(18-10-8-7-9-11-18)21(24)22-19-14-12-17(13-15-19)16(3)4/h7-16,20H,5-6H2,1-4H3,(H,22,24)/p+1. The van der Waals surface area contributed by atoms with Crippen molar-refractivity contribution in [3.8, 4) is 0 Å². The zero-order valence-corrected chi connectivity index (χ0v) is 15.2. The van der Waals surface area contributed by atoms with E-state index in [4.69, 9.17) is 0 Å². The number of quaternary nitrogens is 1. The molecular weight excluding hydrogens is 296 g/mol. The zero-order chi connectivity index (χ0) is 17.5. The number of likely N-dealkylation sites (N-methyl/N-ethyl adjacent to an activating group) is 1. The number of amides is 1. The van der Waals surface area contributed by atoms with E-state index in [0.29, 0.717) is 5.92 Å². The van der Waals surface area contributed by atoms with Crippen LogP contribution < -0.4 is 10.2 Å². The molecule has 0 aromatic heterocycles. The van der Waals surface area contributed by atoms with Gasteiger partial charge >= 0.3 is 0 Å². The van der Waals surface area contributed by atoms with Gasteiger partial charge < -0.3 is 10.2 Å². The van der Waals surface area contributed by atoms with Gasteiger partial charge in [-0.2, -0.15) is 0 Å². The number of carbonyl (C=O) groups excluding carboxylic acids is 1. The average Bonchev–Trinajstić information content (AvgIpc) is 2.60. The second-order valence-electron chi connectivity index (χ2n) is 6.48. The summed E-state index contributed by atoms with van der Waals surface area (Å²) in [5.41, 5.74) is 3.20. The second kappa shape index (κ2) is 8.65. The summed E-state index contributed by atoms with van der Waals surface area (Å²) >= 11 is 0. The summed E-state index contributed by atoms with van der Waals surface area (Å²) in [7, 11) is 0. The van der Waals surface area contributed by atoms with E-state index in [1.165, 1.54) is 10.5 Å². The molecule has 1 atom stereocenters. The summed E-state index contributed by atoms with van der Waals surface area (Å²) in [5, 5.41) is 3.10. The minimum Gasteiger partial charge on any atom is -0.321 e. The van der Waals surface area contributed by atoms with Crippen molar-refractivity contribution in [1.29, 1.82) is 0 Å². The maximum atomic E-state index is 13.0. The number of anilines is 1. The molecular formula is C21H29N2O+. The van der Waals surface area contributed by atoms with Crippen molar-refractivity contribution in [2.24, 2.45) is 0 Å². The van der Waals surface area contributed by atoms with Crippen LogP contribution >= 0.6 is 0 Å². The van der Waals surface area contributed by atoms with E-state index in [-0.39, 0.29) is 11.9 Å². The Labute approximate surface area is 145 Å². The number of nitrogens with one attached hydrogen (secondary N) is 2. The molecule has 0 saturated carbocycles. The molecule has 0 aliphatic carbocycles. The van der Waals surface area contributed by atoms with Crippen LogP contribution in [0.25, 0.3) is 0 Å². The summed E-state index contributed by atoms with van der Waals surface area (Å²) in [6.07, 6.45) is 0. The predicted molar refractivity (Wildman–Crippen MR) is 100 cm³/mol. The molecule has 0 spiro atoms. The average molecular weight is 325 g/mol. The van der Waals surface area contributed by atoms with Gasteiger partial charge in [0.25, 0.3) is 5.91 Å². The first-order valence-electron chi connectivity index (χ1n) is 8.87. The van der Waals surface area contributed by atoms with Gasteiger partial charge in [0.2, 0.25) is 0 Å². The fraction of sp³-hybridized carbons (Fsp3) is 0.381. The third-order valence-electron chi connectivity index (χ3n) is 4.56. The molecule has 0 fully saturated rings. The van der Waals surface area contributed by atoms with Crippen LogP contribution in [-0.4, -0.2) is 19.0 Å². The number of hydrogen-bond acceptors (Lipinski definition) is 1. The van der Waals surface area contributed by atoms with E-state index in [9.17, 15) is 4.79 Å². The zero-order valence-electron chi connectivity index (χ0n) is 15.2. The molecule has 3 nitrogen and oxygen atoms in total. The molecule has 0 heterocycles. The van der Waals surface area contributed by atoms with Gasteiger partial charge in [-0.15, -0.1) is 0 Å². The lowest BCUT2D eigenvalue weighted by Gasteiger charge is -2.26. The quantitative estimate of drug-likeness (QED) is 0.803. The van der Waals surface area contributed by atoms with Crippen LogP contribution in [0.1, 0.15) is 50.8 Å². The monoisotopic (exact) mass is 325 g/mol. The molecule has 0 radical (unpaired) electrons. The second-order valence-corrected chi connectivity index (χ2v) is 6.48. The van der Waals surface area contributed by atoms with E-state index in [0.717, 1.165) is 24.3 Å². The van der Waals surface area contributed by atoms with Crippen LogP contribution in [0, 0.1) is 0 Å². The van der Waals surface area contributed by atoms with Crippen LogP contribution in [0.15, 0.2) is 54.6 Å². The molecule has 2 N–H and O–H groups in total. The molecule has 3 heteroatoms. The van der Waals surface area contributed by atoms with E-state index in [2.05, 4.69) is 45.1 Å². The number of rotatable bonds is 7. The minimum absolute atomic E-state index is 0.0530. The normalized spacial score (nSPS) is 12.4. The molecule has 1 amide bonds. The van der Waals surface area contributed by atoms with Gasteiger partial charge in [0, 0.05) is 11.3 Å². The highest BCUT2D eigenvalue weighted by Crippen LogP contribution is 2.18. The summed E-state index contributed by atoms with van der Waals surface area (Å²) in [5.74, 6) is 0.545. The lowest BCUT2D eigenvalue weighted by molar-refractivity contribution is -0.918. The molecule has 0 saturated heterocycles. The highest BCUT2D eigenvalue weighted by molar-refractivity contribution is 5.94. The third kappa shape index (κ3) is 4.45. The van der Waals surface area contributed by atoms with Crippen LogP contribution in [0.3, 0.4) is 0 Å². The maximum Gasteiger partial charge on any atom is 0.287 e. The molecule has 2 rings (SSSR count). The van der Waals surface area contributed by atoms with E-state index < -0.39 is 0 Å². The molecule has 2 aromatic carbocycles. The van der Waals surface area contributed by atoms with Gasteiger partial charge in [0.1, 0.15) is 0 Å². The molecule has 2 aromatic rings. The number of benzene rings is 2. The summed E-state index contributed by atoms with van der Waals surface area (Å²) in [6, 6.07) is 18.0. The summed E-state index contributed by atoms with van der Waals surface area (Å²) in [4.78, 5) is 14.2. The Bertz CT molecular complexity index is 631. The van der Waals surface area contributed by atoms with Crippen molar-refractivity contribution >= 4 is 11.6 Å². The van der Waals surface area contributed by atoms with Crippen molar-refractivity contribution < 1.29 is 9.69 Å². The Kier molecular flexibility index (Phi) is 6.56. The fourth-order valence-corrected chi connectivity index (χ4v) is 3.04. The third-order valence-corrected chi connectivity index (χ3v) is 4.56. The van der Waals surface area contributed by atoms with E-state index >= 15 is 0 Å². The lowest BCUT2D eigenvalue weighted by atomic mass is 10.0. The first-order chi connectivity index (χ1) is 11.6. The highest BCUT2D eigenvalue weighted by Gasteiger charge is 2.29. The molecule has 0 aliphatic heterocycles. The summed E-state index contributed by atoms with van der Waals surface area (Å²) < 4.78 is 0. The van der Waals surface area contributed by atoms with Crippen LogP contribution in [0.4, 0.5) is 5.69 Å². The smallest absolute Gasteiger partial charge is 0.287 e. The van der Waals surface area contributed by atoms with Crippen LogP contribution in [0.2, 0.25) is 0 Å². The Hall–Kier alpha value is -2.13. The Balaban J connectivity index is 2.21. The lowest BCUT2D eigenvalue weighted by Crippen LogP contribution is -3.12. The first kappa shape index (κ1) is 18.2. The molecule has 128 valence electrons. The van der Waals surface area contributed by atoms with Gasteiger partial charge in [0.05, 0.1) is 13.1 Å². The topological polar surface area (TPSA) is 33.5 Å². The first-order valence-corrected chi connectivity index (χ1v) is 8.87. The Morgan fingerprint density at radius 3 is 2.00 bits per heavy atom. The van der Waals surface area contributed by atoms with Gasteiger partial charge in [-0.3, -0.25) is 4.79 Å². The largest absolute Gasteiger partial charge is 0.321 e. The fourth-order valence-electron chi connectivity index (χ4n) is 3.04. The molecule has 24 heavy (non-hydrogen) atoms. The van der Waals surface area contributed by atoms with Crippen molar-refractivity contribution in [2.45, 2.75) is 39.7 Å². The van der Waals surface area contributed by atoms with Crippen LogP contribution in [0.5, 0.6) is 0 Å². The van der Waals surface area contributed by atoms with E-state index in [1.54, 1.807) is 0 Å². The van der Waals surface area contributed by atoms with Gasteiger partial charge in [-0.05, 0) is 37.5 Å². The van der Waals surface area contributed by atoms with Gasteiger partial charge in [-0.1, -0.05) is 56.3 Å². The Morgan fingerprint density at radius 1 is 0.917 bits per heavy atom. The SMILES string of the molecule is CC[NH+](CC)C(C(=O)Nc1ccc(C(C)C)cc1)c1ccccc1.